The lowest BCUT2D eigenvalue weighted by Gasteiger charge is -2.08. The summed E-state index contributed by atoms with van der Waals surface area (Å²) in [6.45, 7) is 2.32. The Hall–Kier alpha value is -0.710. The van der Waals surface area contributed by atoms with E-state index < -0.39 is 0 Å². The van der Waals surface area contributed by atoms with E-state index in [9.17, 15) is 0 Å². The molecule has 0 aliphatic rings. The number of aryl methyl sites for hydroxylation is 2. The van der Waals surface area contributed by atoms with Gasteiger partial charge >= 0.3 is 0 Å². The summed E-state index contributed by atoms with van der Waals surface area (Å²) in [5, 5.41) is 5.38. The van der Waals surface area contributed by atoms with E-state index in [0.717, 1.165) is 15.9 Å². The van der Waals surface area contributed by atoms with Crippen molar-refractivity contribution in [1.82, 2.24) is 9.78 Å². The van der Waals surface area contributed by atoms with Crippen molar-refractivity contribution in [2.24, 2.45) is 7.05 Å². The molecule has 0 spiro atoms. The zero-order valence-electron chi connectivity index (χ0n) is 9.88. The van der Waals surface area contributed by atoms with Crippen molar-refractivity contribution in [3.63, 3.8) is 0 Å². The Labute approximate surface area is 124 Å². The van der Waals surface area contributed by atoms with Gasteiger partial charge in [0.2, 0.25) is 0 Å². The maximum Gasteiger partial charge on any atom is 0.138 e. The van der Waals surface area contributed by atoms with Crippen LogP contribution in [0.2, 0.25) is 10.0 Å². The van der Waals surface area contributed by atoms with Crippen molar-refractivity contribution < 1.29 is 4.74 Å². The molecule has 1 heterocycles. The van der Waals surface area contributed by atoms with E-state index in [-0.39, 0.29) is 0 Å². The smallest absolute Gasteiger partial charge is 0.138 e. The Morgan fingerprint density at radius 2 is 2.11 bits per heavy atom. The largest absolute Gasteiger partial charge is 0.486 e. The molecule has 0 saturated heterocycles. The summed E-state index contributed by atoms with van der Waals surface area (Å²) in [7, 11) is 1.87. The molecule has 0 radical (unpaired) electrons. The number of hydrogen-bond donors (Lipinski definition) is 0. The minimum atomic E-state index is 0.388. The van der Waals surface area contributed by atoms with Gasteiger partial charge in [0.1, 0.15) is 12.4 Å². The highest BCUT2D eigenvalue weighted by atomic mass is 79.9. The van der Waals surface area contributed by atoms with Crippen LogP contribution in [0.5, 0.6) is 5.75 Å². The molecule has 0 saturated carbocycles. The van der Waals surface area contributed by atoms with Gasteiger partial charge in [0.25, 0.3) is 0 Å². The van der Waals surface area contributed by atoms with Crippen LogP contribution in [-0.4, -0.2) is 9.78 Å². The van der Waals surface area contributed by atoms with Gasteiger partial charge in [-0.25, -0.2) is 0 Å². The quantitative estimate of drug-likeness (QED) is 0.822. The fourth-order valence-corrected chi connectivity index (χ4v) is 2.49. The summed E-state index contributed by atoms with van der Waals surface area (Å²) in [5.41, 5.74) is 1.89. The van der Waals surface area contributed by atoms with Crippen molar-refractivity contribution >= 4 is 39.1 Å². The van der Waals surface area contributed by atoms with Gasteiger partial charge in [-0.2, -0.15) is 5.10 Å². The second kappa shape index (κ2) is 5.51. The molecular formula is C12H11BrCl2N2O. The molecule has 2 rings (SSSR count). The summed E-state index contributed by atoms with van der Waals surface area (Å²) in [5.74, 6) is 0.604. The van der Waals surface area contributed by atoms with Gasteiger partial charge in [-0.15, -0.1) is 0 Å². The minimum Gasteiger partial charge on any atom is -0.486 e. The van der Waals surface area contributed by atoms with Gasteiger partial charge in [-0.3, -0.25) is 4.68 Å². The topological polar surface area (TPSA) is 27.1 Å². The Morgan fingerprint density at radius 1 is 1.39 bits per heavy atom. The molecule has 0 unspecified atom stereocenters. The average Bonchev–Trinajstić information content (AvgIpc) is 2.53. The first-order valence-electron chi connectivity index (χ1n) is 5.25. The van der Waals surface area contributed by atoms with Crippen LogP contribution in [0.4, 0.5) is 0 Å². The number of aromatic nitrogens is 2. The summed E-state index contributed by atoms with van der Waals surface area (Å²) >= 11 is 15.4. The van der Waals surface area contributed by atoms with Crippen molar-refractivity contribution in [1.29, 1.82) is 0 Å². The van der Waals surface area contributed by atoms with E-state index >= 15 is 0 Å². The lowest BCUT2D eigenvalue weighted by atomic mass is 10.3. The van der Waals surface area contributed by atoms with E-state index in [0.29, 0.717) is 22.4 Å². The van der Waals surface area contributed by atoms with Crippen molar-refractivity contribution in [3.05, 3.63) is 44.1 Å². The normalized spacial score (nSPS) is 10.7. The molecular weight excluding hydrogens is 339 g/mol. The molecule has 1 aromatic heterocycles. The third-order valence-corrected chi connectivity index (χ3v) is 4.08. The van der Waals surface area contributed by atoms with Crippen LogP contribution < -0.4 is 4.74 Å². The maximum atomic E-state index is 6.04. The fourth-order valence-electron chi connectivity index (χ4n) is 1.58. The fraction of sp³-hybridized carbons (Fsp3) is 0.250. The molecule has 0 amide bonds. The van der Waals surface area contributed by atoms with Gasteiger partial charge in [0.15, 0.2) is 0 Å². The Balaban J connectivity index is 2.16. The third kappa shape index (κ3) is 2.82. The van der Waals surface area contributed by atoms with E-state index in [1.165, 1.54) is 0 Å². The number of nitrogens with zero attached hydrogens (tertiary/aromatic N) is 2. The monoisotopic (exact) mass is 348 g/mol. The van der Waals surface area contributed by atoms with Crippen LogP contribution in [0, 0.1) is 6.92 Å². The second-order valence-electron chi connectivity index (χ2n) is 3.83. The first-order chi connectivity index (χ1) is 8.49. The van der Waals surface area contributed by atoms with Crippen LogP contribution in [0.3, 0.4) is 0 Å². The van der Waals surface area contributed by atoms with Crippen molar-refractivity contribution in [3.8, 4) is 5.75 Å². The van der Waals surface area contributed by atoms with Crippen LogP contribution in [-0.2, 0) is 13.7 Å². The minimum absolute atomic E-state index is 0.388. The summed E-state index contributed by atoms with van der Waals surface area (Å²) < 4.78 is 8.41. The lowest BCUT2D eigenvalue weighted by Crippen LogP contribution is -2.03. The van der Waals surface area contributed by atoms with E-state index in [2.05, 4.69) is 21.0 Å². The Kier molecular flexibility index (Phi) is 4.20. The highest BCUT2D eigenvalue weighted by Crippen LogP contribution is 2.29. The molecule has 0 N–H and O–H groups in total. The van der Waals surface area contributed by atoms with E-state index in [4.69, 9.17) is 27.9 Å². The van der Waals surface area contributed by atoms with Crippen LogP contribution in [0.1, 0.15) is 11.4 Å². The maximum absolute atomic E-state index is 6.04. The summed E-state index contributed by atoms with van der Waals surface area (Å²) in [6, 6.07) is 5.15. The number of ether oxygens (including phenoxy) is 1. The predicted octanol–water partition coefficient (Wildman–Crippen LogP) is 4.38. The van der Waals surface area contributed by atoms with Gasteiger partial charge in [0, 0.05) is 12.1 Å². The van der Waals surface area contributed by atoms with E-state index in [1.807, 2.05) is 14.0 Å². The molecule has 0 aliphatic heterocycles. The van der Waals surface area contributed by atoms with Gasteiger partial charge < -0.3 is 4.74 Å². The Bertz CT molecular complexity index is 584. The second-order valence-corrected chi connectivity index (χ2v) is 5.47. The molecule has 0 atom stereocenters. The Morgan fingerprint density at radius 3 is 2.67 bits per heavy atom. The first kappa shape index (κ1) is 13.7. The van der Waals surface area contributed by atoms with Crippen LogP contribution in [0.15, 0.2) is 22.7 Å². The summed E-state index contributed by atoms with van der Waals surface area (Å²) in [4.78, 5) is 0. The number of hydrogen-bond acceptors (Lipinski definition) is 2. The highest BCUT2D eigenvalue weighted by molar-refractivity contribution is 9.10. The SMILES string of the molecule is Cc1nn(C)c(COc2ccc(Cl)cc2Cl)c1Br. The first-order valence-corrected chi connectivity index (χ1v) is 6.79. The lowest BCUT2D eigenvalue weighted by molar-refractivity contribution is 0.294. The third-order valence-electron chi connectivity index (χ3n) is 2.52. The molecule has 6 heteroatoms. The van der Waals surface area contributed by atoms with Gasteiger partial charge in [0.05, 0.1) is 20.9 Å². The number of rotatable bonds is 3. The van der Waals surface area contributed by atoms with Crippen LogP contribution in [0.25, 0.3) is 0 Å². The molecule has 96 valence electrons. The molecule has 2 aromatic rings. The molecule has 3 nitrogen and oxygen atoms in total. The zero-order chi connectivity index (χ0) is 13.3. The molecule has 0 aliphatic carbocycles. The molecule has 0 bridgehead atoms. The van der Waals surface area contributed by atoms with Gasteiger partial charge in [-0.1, -0.05) is 23.2 Å². The number of halogens is 3. The average molecular weight is 350 g/mol. The van der Waals surface area contributed by atoms with Crippen molar-refractivity contribution in [2.45, 2.75) is 13.5 Å². The standard InChI is InChI=1S/C12H11BrCl2N2O/c1-7-12(13)10(17(2)16-7)6-18-11-4-3-8(14)5-9(11)15/h3-5H,6H2,1-2H3. The molecule has 18 heavy (non-hydrogen) atoms. The molecule has 1 aromatic carbocycles. The number of benzene rings is 1. The van der Waals surface area contributed by atoms with E-state index in [1.54, 1.807) is 22.9 Å². The van der Waals surface area contributed by atoms with Crippen molar-refractivity contribution in [2.75, 3.05) is 0 Å². The van der Waals surface area contributed by atoms with Gasteiger partial charge in [-0.05, 0) is 41.1 Å². The predicted molar refractivity (Wildman–Crippen MR) is 76.4 cm³/mol. The molecule has 0 fully saturated rings. The zero-order valence-corrected chi connectivity index (χ0v) is 13.0. The van der Waals surface area contributed by atoms with Crippen LogP contribution >= 0.6 is 39.1 Å². The highest BCUT2D eigenvalue weighted by Gasteiger charge is 2.12. The summed E-state index contributed by atoms with van der Waals surface area (Å²) in [6.07, 6.45) is 0.